The van der Waals surface area contributed by atoms with E-state index in [0.717, 1.165) is 12.8 Å². The molecule has 0 amide bonds. The van der Waals surface area contributed by atoms with Crippen molar-refractivity contribution in [3.8, 4) is 0 Å². The molecule has 17 heavy (non-hydrogen) atoms. The summed E-state index contributed by atoms with van der Waals surface area (Å²) in [7, 11) is 0. The highest BCUT2D eigenvalue weighted by atomic mass is 16.7. The third-order valence-corrected chi connectivity index (χ3v) is 3.11. The number of rotatable bonds is 4. The number of hydrogen-bond acceptors (Lipinski definition) is 6. The Labute approximate surface area is 102 Å². The van der Waals surface area contributed by atoms with Crippen LogP contribution in [-0.2, 0) is 18.9 Å². The molecule has 2 saturated heterocycles. The molecule has 0 aromatic heterocycles. The van der Waals surface area contributed by atoms with Crippen molar-refractivity contribution in [1.82, 2.24) is 0 Å². The fourth-order valence-corrected chi connectivity index (χ4v) is 2.03. The minimum absolute atomic E-state index is 0.157. The van der Waals surface area contributed by atoms with Crippen LogP contribution in [0.15, 0.2) is 0 Å². The molecule has 0 aliphatic carbocycles. The second-order valence-corrected chi connectivity index (χ2v) is 4.76. The van der Waals surface area contributed by atoms with E-state index in [4.69, 9.17) is 30.4 Å². The van der Waals surface area contributed by atoms with Crippen molar-refractivity contribution in [2.45, 2.75) is 25.4 Å². The Balaban J connectivity index is 1.76. The molecule has 1 spiro atoms. The molecule has 2 heterocycles. The first-order chi connectivity index (χ1) is 8.28. The monoisotopic (exact) mass is 246 g/mol. The molecule has 0 aromatic rings. The van der Waals surface area contributed by atoms with Crippen LogP contribution in [0.4, 0.5) is 0 Å². The molecular weight excluding hydrogens is 224 g/mol. The molecular formula is C11H22N2O4. The smallest absolute Gasteiger partial charge is 0.158 e. The predicted octanol–water partition coefficient (Wildman–Crippen LogP) is -0.584. The molecule has 2 fully saturated rings. The summed E-state index contributed by atoms with van der Waals surface area (Å²) >= 11 is 0. The fraction of sp³-hybridized carbons (Fsp3) is 1.00. The maximum absolute atomic E-state index is 5.62. The molecule has 0 saturated carbocycles. The highest BCUT2D eigenvalue weighted by Gasteiger charge is 2.41. The van der Waals surface area contributed by atoms with Crippen molar-refractivity contribution in [2.24, 2.45) is 16.9 Å². The van der Waals surface area contributed by atoms with Gasteiger partial charge in [-0.3, -0.25) is 0 Å². The van der Waals surface area contributed by atoms with Gasteiger partial charge >= 0.3 is 0 Å². The van der Waals surface area contributed by atoms with Gasteiger partial charge in [-0.1, -0.05) is 0 Å². The Morgan fingerprint density at radius 2 is 1.12 bits per heavy atom. The van der Waals surface area contributed by atoms with Crippen molar-refractivity contribution >= 4 is 0 Å². The second kappa shape index (κ2) is 6.08. The molecule has 100 valence electrons. The zero-order valence-corrected chi connectivity index (χ0v) is 10.1. The summed E-state index contributed by atoms with van der Waals surface area (Å²) in [5, 5.41) is 0. The van der Waals surface area contributed by atoms with Gasteiger partial charge in [-0.15, -0.1) is 0 Å². The number of hydrogen-bond donors (Lipinski definition) is 2. The maximum Gasteiger partial charge on any atom is 0.158 e. The summed E-state index contributed by atoms with van der Waals surface area (Å²) in [4.78, 5) is 0. The Bertz CT molecular complexity index is 196. The summed E-state index contributed by atoms with van der Waals surface area (Å²) in [6, 6.07) is 0. The minimum atomic E-state index is -0.174. The van der Waals surface area contributed by atoms with Gasteiger partial charge in [-0.25, -0.2) is 0 Å². The van der Waals surface area contributed by atoms with Gasteiger partial charge in [0.15, 0.2) is 12.6 Å². The third kappa shape index (κ3) is 3.37. The summed E-state index contributed by atoms with van der Waals surface area (Å²) in [5.41, 5.74) is 10.8. The van der Waals surface area contributed by atoms with E-state index in [1.165, 1.54) is 0 Å². The molecule has 0 radical (unpaired) electrons. The topological polar surface area (TPSA) is 89.0 Å². The first-order valence-electron chi connectivity index (χ1n) is 6.14. The van der Waals surface area contributed by atoms with Crippen LogP contribution in [-0.4, -0.2) is 52.1 Å². The van der Waals surface area contributed by atoms with Gasteiger partial charge in [0.2, 0.25) is 0 Å². The summed E-state index contributed by atoms with van der Waals surface area (Å²) in [6.07, 6.45) is 1.11. The lowest BCUT2D eigenvalue weighted by molar-refractivity contribution is -0.303. The van der Waals surface area contributed by atoms with Gasteiger partial charge in [0.05, 0.1) is 31.8 Å². The van der Waals surface area contributed by atoms with E-state index in [9.17, 15) is 0 Å². The van der Waals surface area contributed by atoms with E-state index >= 15 is 0 Å². The van der Waals surface area contributed by atoms with Gasteiger partial charge in [-0.2, -0.15) is 0 Å². The van der Waals surface area contributed by atoms with E-state index in [2.05, 4.69) is 0 Å². The standard InChI is InChI=1S/C11H22N2O4/c12-3-1-9-14-5-11(6-15-9)7-16-10(2-4-13)17-8-11/h9-10H,1-8,12-13H2. The van der Waals surface area contributed by atoms with Crippen molar-refractivity contribution in [1.29, 1.82) is 0 Å². The lowest BCUT2D eigenvalue weighted by Gasteiger charge is -2.43. The number of nitrogens with two attached hydrogens (primary N) is 2. The molecule has 6 nitrogen and oxygen atoms in total. The summed E-state index contributed by atoms with van der Waals surface area (Å²) in [6.45, 7) is 3.56. The lowest BCUT2D eigenvalue weighted by atomic mass is 9.90. The maximum atomic E-state index is 5.62. The van der Waals surface area contributed by atoms with E-state index in [0.29, 0.717) is 39.5 Å². The highest BCUT2D eigenvalue weighted by molar-refractivity contribution is 4.84. The van der Waals surface area contributed by atoms with Gasteiger partial charge in [0.25, 0.3) is 0 Å². The second-order valence-electron chi connectivity index (χ2n) is 4.76. The van der Waals surface area contributed by atoms with E-state index in [1.807, 2.05) is 0 Å². The Kier molecular flexibility index (Phi) is 4.72. The van der Waals surface area contributed by atoms with E-state index < -0.39 is 0 Å². The van der Waals surface area contributed by atoms with Crippen LogP contribution in [0.2, 0.25) is 0 Å². The average molecular weight is 246 g/mol. The molecule has 0 atom stereocenters. The van der Waals surface area contributed by atoms with Crippen molar-refractivity contribution in [2.75, 3.05) is 39.5 Å². The van der Waals surface area contributed by atoms with Crippen LogP contribution in [0.3, 0.4) is 0 Å². The third-order valence-electron chi connectivity index (χ3n) is 3.11. The first-order valence-corrected chi connectivity index (χ1v) is 6.14. The first kappa shape index (κ1) is 13.2. The SMILES string of the molecule is NCCC1OCC2(CO1)COC(CCN)OC2. The summed E-state index contributed by atoms with van der Waals surface area (Å²) < 4.78 is 22.5. The molecule has 0 aromatic carbocycles. The van der Waals surface area contributed by atoms with Gasteiger partial charge in [0.1, 0.15) is 0 Å². The highest BCUT2D eigenvalue weighted by Crippen LogP contribution is 2.31. The molecule has 0 bridgehead atoms. The Hall–Kier alpha value is -0.240. The van der Waals surface area contributed by atoms with Crippen molar-refractivity contribution < 1.29 is 18.9 Å². The number of ether oxygens (including phenoxy) is 4. The molecule has 2 rings (SSSR count). The molecule has 0 unspecified atom stereocenters. The van der Waals surface area contributed by atoms with Crippen LogP contribution in [0.25, 0.3) is 0 Å². The van der Waals surface area contributed by atoms with Crippen LogP contribution < -0.4 is 11.5 Å². The van der Waals surface area contributed by atoms with Gasteiger partial charge < -0.3 is 30.4 Å². The van der Waals surface area contributed by atoms with Gasteiger partial charge in [0, 0.05) is 12.8 Å². The van der Waals surface area contributed by atoms with Gasteiger partial charge in [-0.05, 0) is 13.1 Å². The molecule has 2 aliphatic rings. The van der Waals surface area contributed by atoms with Crippen LogP contribution in [0, 0.1) is 5.41 Å². The predicted molar refractivity (Wildman–Crippen MR) is 61.2 cm³/mol. The zero-order valence-electron chi connectivity index (χ0n) is 10.1. The zero-order chi connectivity index (χ0) is 12.1. The quantitative estimate of drug-likeness (QED) is 0.689. The van der Waals surface area contributed by atoms with Crippen molar-refractivity contribution in [3.05, 3.63) is 0 Å². The Morgan fingerprint density at radius 1 is 0.765 bits per heavy atom. The van der Waals surface area contributed by atoms with E-state index in [1.54, 1.807) is 0 Å². The largest absolute Gasteiger partial charge is 0.352 e. The van der Waals surface area contributed by atoms with Crippen LogP contribution in [0.5, 0.6) is 0 Å². The van der Waals surface area contributed by atoms with Crippen LogP contribution >= 0.6 is 0 Å². The minimum Gasteiger partial charge on any atom is -0.352 e. The normalized spacial score (nSPS) is 38.5. The van der Waals surface area contributed by atoms with E-state index in [-0.39, 0.29) is 18.0 Å². The molecule has 6 heteroatoms. The Morgan fingerprint density at radius 3 is 1.41 bits per heavy atom. The summed E-state index contributed by atoms with van der Waals surface area (Å²) in [5.74, 6) is 0. The fourth-order valence-electron chi connectivity index (χ4n) is 2.03. The molecule has 4 N–H and O–H groups in total. The van der Waals surface area contributed by atoms with Crippen LogP contribution in [0.1, 0.15) is 12.8 Å². The lowest BCUT2D eigenvalue weighted by Crippen LogP contribution is -2.52. The average Bonchev–Trinajstić information content (AvgIpc) is 2.36. The molecule has 2 aliphatic heterocycles. The van der Waals surface area contributed by atoms with Crippen molar-refractivity contribution in [3.63, 3.8) is 0 Å².